The molecule has 1 nitrogen and oxygen atoms in total. The molecule has 1 heterocycles. The van der Waals surface area contributed by atoms with E-state index in [1.54, 1.807) is 6.07 Å². The second-order valence-corrected chi connectivity index (χ2v) is 6.33. The fourth-order valence-corrected chi connectivity index (χ4v) is 1.97. The van der Waals surface area contributed by atoms with E-state index in [9.17, 15) is 0 Å². The van der Waals surface area contributed by atoms with Gasteiger partial charge in [-0.1, -0.05) is 55.6 Å². The maximum atomic E-state index is 5.82. The van der Waals surface area contributed by atoms with Crippen molar-refractivity contribution in [2.75, 3.05) is 0 Å². The molecule has 0 saturated carbocycles. The van der Waals surface area contributed by atoms with Crippen LogP contribution in [0.1, 0.15) is 9.30 Å². The molecule has 2 rings (SSSR count). The van der Waals surface area contributed by atoms with Gasteiger partial charge in [0.05, 0.1) is 9.25 Å². The molecule has 0 atom stereocenters. The van der Waals surface area contributed by atoms with E-state index in [2.05, 4.69) is 36.8 Å². The lowest BCUT2D eigenvalue weighted by Crippen LogP contribution is -1.84. The summed E-state index contributed by atoms with van der Waals surface area (Å²) in [6, 6.07) is 9.85. The summed E-state index contributed by atoms with van der Waals surface area (Å²) in [4.78, 5) is 4.24. The van der Waals surface area contributed by atoms with E-state index in [4.69, 9.17) is 11.6 Å². The lowest BCUT2D eigenvalue weighted by Gasteiger charge is -2.03. The molecule has 0 fully saturated rings. The molecule has 0 aliphatic heterocycles. The highest BCUT2D eigenvalue weighted by atomic mass is 79.9. The van der Waals surface area contributed by atoms with E-state index in [0.29, 0.717) is 5.15 Å². The van der Waals surface area contributed by atoms with Gasteiger partial charge < -0.3 is 0 Å². The number of fused-ring (bicyclic) bond motifs is 1. The summed E-state index contributed by atoms with van der Waals surface area (Å²) >= 11 is 12.7. The van der Waals surface area contributed by atoms with E-state index >= 15 is 0 Å². The van der Waals surface area contributed by atoms with E-state index in [0.717, 1.165) is 16.5 Å². The van der Waals surface area contributed by atoms with E-state index in [1.807, 2.05) is 24.3 Å². The summed E-state index contributed by atoms with van der Waals surface area (Å²) in [7, 11) is 0. The topological polar surface area (TPSA) is 12.9 Å². The molecular weight excluding hydrogens is 329 g/mol. The molecule has 0 N–H and O–H groups in total. The van der Waals surface area contributed by atoms with Gasteiger partial charge in [0.15, 0.2) is 0 Å². The first-order chi connectivity index (χ1) is 6.66. The van der Waals surface area contributed by atoms with Gasteiger partial charge in [0.25, 0.3) is 0 Å². The van der Waals surface area contributed by atoms with Crippen LogP contribution in [0.2, 0.25) is 5.15 Å². The van der Waals surface area contributed by atoms with Gasteiger partial charge in [-0.15, -0.1) is 0 Å². The Hall–Kier alpha value is -0.120. The van der Waals surface area contributed by atoms with Crippen molar-refractivity contribution in [2.24, 2.45) is 0 Å². The third-order valence-electron chi connectivity index (χ3n) is 1.93. The number of benzene rings is 1. The second-order valence-electron chi connectivity index (χ2n) is 2.89. The normalized spacial score (nSPS) is 11.1. The van der Waals surface area contributed by atoms with Crippen molar-refractivity contribution in [1.29, 1.82) is 0 Å². The van der Waals surface area contributed by atoms with Crippen molar-refractivity contribution in [3.63, 3.8) is 0 Å². The van der Waals surface area contributed by atoms with Crippen LogP contribution in [0.5, 0.6) is 0 Å². The van der Waals surface area contributed by atoms with Crippen molar-refractivity contribution in [3.8, 4) is 0 Å². The molecule has 2 aromatic rings. The minimum absolute atomic E-state index is 0.153. The average Bonchev–Trinajstić information content (AvgIpc) is 2.16. The predicted octanol–water partition coefficient (Wildman–Crippen LogP) is 4.68. The van der Waals surface area contributed by atoms with Crippen molar-refractivity contribution < 1.29 is 0 Å². The second kappa shape index (κ2) is 4.17. The van der Waals surface area contributed by atoms with Gasteiger partial charge in [-0.25, -0.2) is 4.98 Å². The first-order valence-electron chi connectivity index (χ1n) is 4.01. The highest BCUT2D eigenvalue weighted by molar-refractivity contribution is 9.24. The maximum absolute atomic E-state index is 5.82. The Labute approximate surface area is 104 Å². The van der Waals surface area contributed by atoms with Gasteiger partial charge in [0.2, 0.25) is 0 Å². The summed E-state index contributed by atoms with van der Waals surface area (Å²) in [5.41, 5.74) is 2.05. The number of halogens is 3. The Morgan fingerprint density at radius 1 is 1.14 bits per heavy atom. The first kappa shape index (κ1) is 10.4. The van der Waals surface area contributed by atoms with Crippen LogP contribution in [0.3, 0.4) is 0 Å². The SMILES string of the molecule is Clc1ccc2ccc(C(Br)Br)cc2n1. The number of hydrogen-bond donors (Lipinski definition) is 0. The van der Waals surface area contributed by atoms with E-state index in [-0.39, 0.29) is 3.74 Å². The van der Waals surface area contributed by atoms with Crippen LogP contribution >= 0.6 is 43.5 Å². The number of alkyl halides is 2. The molecule has 0 amide bonds. The van der Waals surface area contributed by atoms with Crippen LogP contribution in [0.25, 0.3) is 10.9 Å². The molecule has 0 radical (unpaired) electrons. The molecule has 14 heavy (non-hydrogen) atoms. The smallest absolute Gasteiger partial charge is 0.129 e. The van der Waals surface area contributed by atoms with Crippen molar-refractivity contribution >= 4 is 54.4 Å². The van der Waals surface area contributed by atoms with E-state index < -0.39 is 0 Å². The highest BCUT2D eigenvalue weighted by Crippen LogP contribution is 2.30. The van der Waals surface area contributed by atoms with Gasteiger partial charge in [0, 0.05) is 5.39 Å². The lowest BCUT2D eigenvalue weighted by atomic mass is 10.1. The zero-order valence-electron chi connectivity index (χ0n) is 7.05. The standard InChI is InChI=1S/C10H6Br2ClN/c11-10(12)7-2-1-6-3-4-9(13)14-8(6)5-7/h1-5,10H. The van der Waals surface area contributed by atoms with Crippen LogP contribution in [-0.2, 0) is 0 Å². The van der Waals surface area contributed by atoms with Crippen molar-refractivity contribution in [3.05, 3.63) is 41.0 Å². The quantitative estimate of drug-likeness (QED) is 0.545. The van der Waals surface area contributed by atoms with Crippen LogP contribution in [0.4, 0.5) is 0 Å². The third-order valence-corrected chi connectivity index (χ3v) is 3.20. The molecule has 72 valence electrons. The van der Waals surface area contributed by atoms with Crippen molar-refractivity contribution in [1.82, 2.24) is 4.98 Å². The van der Waals surface area contributed by atoms with Crippen LogP contribution < -0.4 is 0 Å². The molecular formula is C10H6Br2ClN. The first-order valence-corrected chi connectivity index (χ1v) is 6.22. The molecule has 0 aliphatic rings. The fraction of sp³-hybridized carbons (Fsp3) is 0.100. The largest absolute Gasteiger partial charge is 0.236 e. The number of hydrogen-bond acceptors (Lipinski definition) is 1. The van der Waals surface area contributed by atoms with Crippen LogP contribution in [0.15, 0.2) is 30.3 Å². The number of pyridine rings is 1. The maximum Gasteiger partial charge on any atom is 0.129 e. The molecule has 0 aliphatic carbocycles. The Morgan fingerprint density at radius 3 is 2.57 bits per heavy atom. The zero-order chi connectivity index (χ0) is 10.1. The summed E-state index contributed by atoms with van der Waals surface area (Å²) < 4.78 is 0.153. The molecule has 1 aromatic heterocycles. The average molecular weight is 335 g/mol. The minimum atomic E-state index is 0.153. The van der Waals surface area contributed by atoms with Crippen molar-refractivity contribution in [2.45, 2.75) is 3.74 Å². The number of nitrogens with zero attached hydrogens (tertiary/aromatic N) is 1. The van der Waals surface area contributed by atoms with Crippen LogP contribution in [0, 0.1) is 0 Å². The molecule has 4 heteroatoms. The van der Waals surface area contributed by atoms with Gasteiger partial charge in [-0.2, -0.15) is 0 Å². The lowest BCUT2D eigenvalue weighted by molar-refractivity contribution is 1.37. The Bertz CT molecular complexity index is 471. The summed E-state index contributed by atoms with van der Waals surface area (Å²) in [6.45, 7) is 0. The minimum Gasteiger partial charge on any atom is -0.236 e. The molecule has 1 aromatic carbocycles. The number of rotatable bonds is 1. The fourth-order valence-electron chi connectivity index (χ4n) is 1.25. The summed E-state index contributed by atoms with van der Waals surface area (Å²) in [6.07, 6.45) is 0. The van der Waals surface area contributed by atoms with Crippen LogP contribution in [-0.4, -0.2) is 4.98 Å². The Balaban J connectivity index is 2.63. The molecule has 0 unspecified atom stereocenters. The number of aromatic nitrogens is 1. The molecule has 0 saturated heterocycles. The van der Waals surface area contributed by atoms with Gasteiger partial charge in [0.1, 0.15) is 5.15 Å². The Kier molecular flexibility index (Phi) is 3.10. The molecule has 0 spiro atoms. The van der Waals surface area contributed by atoms with Gasteiger partial charge >= 0.3 is 0 Å². The summed E-state index contributed by atoms with van der Waals surface area (Å²) in [5.74, 6) is 0. The molecule has 0 bridgehead atoms. The third kappa shape index (κ3) is 2.10. The zero-order valence-corrected chi connectivity index (χ0v) is 11.0. The summed E-state index contributed by atoms with van der Waals surface area (Å²) in [5, 5.41) is 1.62. The van der Waals surface area contributed by atoms with Gasteiger partial charge in [-0.3, -0.25) is 0 Å². The van der Waals surface area contributed by atoms with E-state index in [1.165, 1.54) is 0 Å². The predicted molar refractivity (Wildman–Crippen MR) is 67.3 cm³/mol. The van der Waals surface area contributed by atoms with Gasteiger partial charge in [-0.05, 0) is 23.8 Å². The monoisotopic (exact) mass is 333 g/mol. The Morgan fingerprint density at radius 2 is 1.86 bits per heavy atom. The highest BCUT2D eigenvalue weighted by Gasteiger charge is 2.04.